The van der Waals surface area contributed by atoms with E-state index in [0.717, 1.165) is 12.2 Å². The summed E-state index contributed by atoms with van der Waals surface area (Å²) in [6.07, 6.45) is 0.466. The van der Waals surface area contributed by atoms with Crippen LogP contribution in [0.3, 0.4) is 0 Å². The first-order valence-corrected chi connectivity index (χ1v) is 6.84. The van der Waals surface area contributed by atoms with Crippen LogP contribution < -0.4 is 10.6 Å². The second-order valence-corrected chi connectivity index (χ2v) is 5.47. The van der Waals surface area contributed by atoms with Gasteiger partial charge in [-0.15, -0.1) is 0 Å². The highest BCUT2D eigenvalue weighted by Crippen LogP contribution is 2.33. The normalized spacial score (nSPS) is 18.8. The zero-order chi connectivity index (χ0) is 13.8. The van der Waals surface area contributed by atoms with Gasteiger partial charge in [0.25, 0.3) is 0 Å². The number of anilines is 1. The number of aliphatic hydroxyl groups is 1. The molecule has 1 unspecified atom stereocenters. The Bertz CT molecular complexity index is 446. The SMILES string of the molecule is CC(C)[C@@H](CO)NC(=O)CC1CNc2ccccc21. The van der Waals surface area contributed by atoms with Crippen molar-refractivity contribution < 1.29 is 9.90 Å². The molecular formula is C15H22N2O2. The third-order valence-corrected chi connectivity index (χ3v) is 3.72. The summed E-state index contributed by atoms with van der Waals surface area (Å²) >= 11 is 0. The lowest BCUT2D eigenvalue weighted by atomic mass is 9.97. The molecule has 104 valence electrons. The third-order valence-electron chi connectivity index (χ3n) is 3.72. The molecule has 0 saturated heterocycles. The van der Waals surface area contributed by atoms with Crippen molar-refractivity contribution in [2.45, 2.75) is 32.2 Å². The number of rotatable bonds is 5. The van der Waals surface area contributed by atoms with Crippen LogP contribution >= 0.6 is 0 Å². The van der Waals surface area contributed by atoms with Gasteiger partial charge in [0.05, 0.1) is 12.6 Å². The monoisotopic (exact) mass is 262 g/mol. The summed E-state index contributed by atoms with van der Waals surface area (Å²) in [5, 5.41) is 15.5. The Morgan fingerprint density at radius 2 is 2.21 bits per heavy atom. The van der Waals surface area contributed by atoms with Crippen LogP contribution in [0.25, 0.3) is 0 Å². The fraction of sp³-hybridized carbons (Fsp3) is 0.533. The van der Waals surface area contributed by atoms with Crippen molar-refractivity contribution in [3.63, 3.8) is 0 Å². The zero-order valence-electron chi connectivity index (χ0n) is 11.5. The van der Waals surface area contributed by atoms with E-state index in [-0.39, 0.29) is 30.4 Å². The molecule has 2 atom stereocenters. The molecule has 1 aliphatic heterocycles. The summed E-state index contributed by atoms with van der Waals surface area (Å²) in [4.78, 5) is 12.0. The number of para-hydroxylation sites is 1. The molecule has 0 spiro atoms. The van der Waals surface area contributed by atoms with E-state index in [9.17, 15) is 9.90 Å². The molecule has 0 aromatic heterocycles. The molecule has 0 fully saturated rings. The molecule has 1 aromatic carbocycles. The number of fused-ring (bicyclic) bond motifs is 1. The minimum Gasteiger partial charge on any atom is -0.394 e. The topological polar surface area (TPSA) is 61.4 Å². The first kappa shape index (κ1) is 13.9. The number of benzene rings is 1. The van der Waals surface area contributed by atoms with Crippen LogP contribution in [-0.2, 0) is 4.79 Å². The fourth-order valence-electron chi connectivity index (χ4n) is 2.45. The maximum absolute atomic E-state index is 12.0. The van der Waals surface area contributed by atoms with E-state index in [1.165, 1.54) is 5.56 Å². The fourth-order valence-corrected chi connectivity index (χ4v) is 2.45. The van der Waals surface area contributed by atoms with Gasteiger partial charge in [-0.25, -0.2) is 0 Å². The molecule has 1 aromatic rings. The Morgan fingerprint density at radius 1 is 1.47 bits per heavy atom. The molecule has 0 radical (unpaired) electrons. The molecule has 0 bridgehead atoms. The minimum absolute atomic E-state index is 0.0104. The van der Waals surface area contributed by atoms with Crippen LogP contribution in [0, 0.1) is 5.92 Å². The highest BCUT2D eigenvalue weighted by Gasteiger charge is 2.25. The molecular weight excluding hydrogens is 240 g/mol. The smallest absolute Gasteiger partial charge is 0.220 e. The van der Waals surface area contributed by atoms with Gasteiger partial charge in [-0.3, -0.25) is 4.79 Å². The highest BCUT2D eigenvalue weighted by molar-refractivity contribution is 5.78. The Balaban J connectivity index is 1.94. The molecule has 1 amide bonds. The van der Waals surface area contributed by atoms with Crippen LogP contribution in [0.1, 0.15) is 31.7 Å². The van der Waals surface area contributed by atoms with E-state index in [2.05, 4.69) is 16.7 Å². The van der Waals surface area contributed by atoms with Gasteiger partial charge in [0.15, 0.2) is 0 Å². The molecule has 3 N–H and O–H groups in total. The Morgan fingerprint density at radius 3 is 2.89 bits per heavy atom. The number of carbonyl (C=O) groups is 1. The molecule has 0 aliphatic carbocycles. The van der Waals surface area contributed by atoms with E-state index in [4.69, 9.17) is 0 Å². The third kappa shape index (κ3) is 3.26. The first-order chi connectivity index (χ1) is 9.11. The summed E-state index contributed by atoms with van der Waals surface area (Å²) in [6.45, 7) is 4.78. The molecule has 19 heavy (non-hydrogen) atoms. The van der Waals surface area contributed by atoms with Gasteiger partial charge < -0.3 is 15.7 Å². The quantitative estimate of drug-likeness (QED) is 0.757. The lowest BCUT2D eigenvalue weighted by molar-refractivity contribution is -0.122. The van der Waals surface area contributed by atoms with Crippen LogP contribution in [0.4, 0.5) is 5.69 Å². The van der Waals surface area contributed by atoms with Crippen molar-refractivity contribution in [1.82, 2.24) is 5.32 Å². The van der Waals surface area contributed by atoms with E-state index in [0.29, 0.717) is 6.42 Å². The van der Waals surface area contributed by atoms with Crippen molar-refractivity contribution in [3.05, 3.63) is 29.8 Å². The second kappa shape index (κ2) is 6.06. The number of aliphatic hydroxyl groups excluding tert-OH is 1. The summed E-state index contributed by atoms with van der Waals surface area (Å²) in [6, 6.07) is 7.95. The second-order valence-electron chi connectivity index (χ2n) is 5.47. The number of carbonyl (C=O) groups excluding carboxylic acids is 1. The number of amides is 1. The van der Waals surface area contributed by atoms with Crippen LogP contribution in [-0.4, -0.2) is 30.2 Å². The lowest BCUT2D eigenvalue weighted by Gasteiger charge is -2.21. The maximum Gasteiger partial charge on any atom is 0.220 e. The van der Waals surface area contributed by atoms with Gasteiger partial charge in [-0.1, -0.05) is 32.0 Å². The van der Waals surface area contributed by atoms with Gasteiger partial charge in [0.1, 0.15) is 0 Å². The molecule has 1 aliphatic rings. The first-order valence-electron chi connectivity index (χ1n) is 6.84. The summed E-state index contributed by atoms with van der Waals surface area (Å²) in [5.41, 5.74) is 2.34. The Kier molecular flexibility index (Phi) is 4.43. The van der Waals surface area contributed by atoms with Gasteiger partial charge >= 0.3 is 0 Å². The average Bonchev–Trinajstić information content (AvgIpc) is 2.79. The lowest BCUT2D eigenvalue weighted by Crippen LogP contribution is -2.41. The summed E-state index contributed by atoms with van der Waals surface area (Å²) in [5.74, 6) is 0.474. The largest absolute Gasteiger partial charge is 0.394 e. The van der Waals surface area contributed by atoms with Gasteiger partial charge in [0, 0.05) is 24.6 Å². The molecule has 1 heterocycles. The minimum atomic E-state index is -0.155. The zero-order valence-corrected chi connectivity index (χ0v) is 11.5. The predicted octanol–water partition coefficient (Wildman–Crippen LogP) is 1.72. The van der Waals surface area contributed by atoms with Gasteiger partial charge in [-0.2, -0.15) is 0 Å². The van der Waals surface area contributed by atoms with Gasteiger partial charge in [-0.05, 0) is 17.5 Å². The number of nitrogens with one attached hydrogen (secondary N) is 2. The van der Waals surface area contributed by atoms with Crippen molar-refractivity contribution in [3.8, 4) is 0 Å². The van der Waals surface area contributed by atoms with E-state index in [1.54, 1.807) is 0 Å². The standard InChI is InChI=1S/C15H22N2O2/c1-10(2)14(9-18)17-15(19)7-11-8-16-13-6-4-3-5-12(11)13/h3-6,10-11,14,16,18H,7-9H2,1-2H3,(H,17,19)/t11?,14-/m1/s1. The van der Waals surface area contributed by atoms with E-state index < -0.39 is 0 Å². The van der Waals surface area contributed by atoms with Crippen molar-refractivity contribution in [1.29, 1.82) is 0 Å². The maximum atomic E-state index is 12.0. The summed E-state index contributed by atoms with van der Waals surface area (Å²) < 4.78 is 0. The molecule has 0 saturated carbocycles. The van der Waals surface area contributed by atoms with Crippen LogP contribution in [0.15, 0.2) is 24.3 Å². The molecule has 2 rings (SSSR count). The van der Waals surface area contributed by atoms with Crippen LogP contribution in [0.5, 0.6) is 0 Å². The number of hydrogen-bond donors (Lipinski definition) is 3. The summed E-state index contributed by atoms with van der Waals surface area (Å²) in [7, 11) is 0. The van der Waals surface area contributed by atoms with E-state index in [1.807, 2.05) is 32.0 Å². The Labute approximate surface area is 114 Å². The van der Waals surface area contributed by atoms with Gasteiger partial charge in [0.2, 0.25) is 5.91 Å². The van der Waals surface area contributed by atoms with Crippen molar-refractivity contribution in [2.24, 2.45) is 5.92 Å². The Hall–Kier alpha value is -1.55. The molecule has 4 nitrogen and oxygen atoms in total. The number of hydrogen-bond acceptors (Lipinski definition) is 3. The van der Waals surface area contributed by atoms with Crippen molar-refractivity contribution in [2.75, 3.05) is 18.5 Å². The van der Waals surface area contributed by atoms with Crippen molar-refractivity contribution >= 4 is 11.6 Å². The average molecular weight is 262 g/mol. The van der Waals surface area contributed by atoms with E-state index >= 15 is 0 Å². The highest BCUT2D eigenvalue weighted by atomic mass is 16.3. The van der Waals surface area contributed by atoms with Crippen LogP contribution in [0.2, 0.25) is 0 Å². The molecule has 4 heteroatoms. The predicted molar refractivity (Wildman–Crippen MR) is 76.1 cm³/mol.